The van der Waals surface area contributed by atoms with Crippen molar-refractivity contribution in [2.45, 2.75) is 40.3 Å². The molecule has 96 valence electrons. The van der Waals surface area contributed by atoms with Gasteiger partial charge in [0.25, 0.3) is 0 Å². The maximum atomic E-state index is 4.30. The lowest BCUT2D eigenvalue weighted by atomic mass is 10.00. The zero-order chi connectivity index (χ0) is 13.1. The van der Waals surface area contributed by atoms with Crippen LogP contribution in [-0.2, 0) is 6.54 Å². The van der Waals surface area contributed by atoms with Crippen LogP contribution in [0, 0.1) is 20.8 Å². The number of nitrogens with one attached hydrogen (secondary N) is 2. The average molecular weight is 243 g/mol. The summed E-state index contributed by atoms with van der Waals surface area (Å²) in [5.41, 5.74) is 6.23. The second-order valence-electron chi connectivity index (χ2n) is 4.94. The normalized spacial score (nSPS) is 12.7. The van der Waals surface area contributed by atoms with Crippen molar-refractivity contribution in [2.75, 3.05) is 0 Å². The standard InChI is InChI=1S/C15H21N3/c1-10-5-6-11(2)14(7-10)12(3)16-8-15-13(4)17-9-18-15/h5-7,9,12,16H,8H2,1-4H3,(H,17,18). The van der Waals surface area contributed by atoms with Gasteiger partial charge in [-0.2, -0.15) is 0 Å². The summed E-state index contributed by atoms with van der Waals surface area (Å²) in [5.74, 6) is 0. The maximum Gasteiger partial charge on any atom is 0.0925 e. The highest BCUT2D eigenvalue weighted by molar-refractivity contribution is 5.32. The fraction of sp³-hybridized carbons (Fsp3) is 0.400. The van der Waals surface area contributed by atoms with Crippen LogP contribution in [0.2, 0.25) is 0 Å². The molecule has 0 saturated carbocycles. The van der Waals surface area contributed by atoms with Crippen molar-refractivity contribution < 1.29 is 0 Å². The lowest BCUT2D eigenvalue weighted by Gasteiger charge is -2.17. The van der Waals surface area contributed by atoms with E-state index in [1.165, 1.54) is 16.7 Å². The van der Waals surface area contributed by atoms with E-state index < -0.39 is 0 Å². The van der Waals surface area contributed by atoms with Crippen molar-refractivity contribution in [3.05, 3.63) is 52.6 Å². The van der Waals surface area contributed by atoms with E-state index in [9.17, 15) is 0 Å². The van der Waals surface area contributed by atoms with Crippen LogP contribution in [0.5, 0.6) is 0 Å². The van der Waals surface area contributed by atoms with Gasteiger partial charge < -0.3 is 10.3 Å². The van der Waals surface area contributed by atoms with E-state index >= 15 is 0 Å². The minimum absolute atomic E-state index is 0.334. The average Bonchev–Trinajstić information content (AvgIpc) is 2.75. The van der Waals surface area contributed by atoms with Crippen LogP contribution in [0.4, 0.5) is 0 Å². The molecule has 0 fully saturated rings. The van der Waals surface area contributed by atoms with E-state index in [1.807, 2.05) is 6.92 Å². The molecule has 2 N–H and O–H groups in total. The Kier molecular flexibility index (Phi) is 3.82. The summed E-state index contributed by atoms with van der Waals surface area (Å²) in [4.78, 5) is 7.40. The lowest BCUT2D eigenvalue weighted by Crippen LogP contribution is -2.19. The van der Waals surface area contributed by atoms with Gasteiger partial charge in [-0.25, -0.2) is 4.98 Å². The molecule has 0 saturated heterocycles. The van der Waals surface area contributed by atoms with Gasteiger partial charge in [-0.1, -0.05) is 23.8 Å². The summed E-state index contributed by atoms with van der Waals surface area (Å²) in [6.45, 7) is 9.33. The summed E-state index contributed by atoms with van der Waals surface area (Å²) in [6, 6.07) is 6.93. The Balaban J connectivity index is 2.06. The zero-order valence-electron chi connectivity index (χ0n) is 11.5. The van der Waals surface area contributed by atoms with Crippen molar-refractivity contribution >= 4 is 0 Å². The fourth-order valence-electron chi connectivity index (χ4n) is 2.15. The lowest BCUT2D eigenvalue weighted by molar-refractivity contribution is 0.565. The van der Waals surface area contributed by atoms with Gasteiger partial charge in [0.15, 0.2) is 0 Å². The number of aromatic nitrogens is 2. The van der Waals surface area contributed by atoms with Crippen LogP contribution in [0.25, 0.3) is 0 Å². The number of rotatable bonds is 4. The minimum atomic E-state index is 0.334. The second kappa shape index (κ2) is 5.36. The third-order valence-corrected chi connectivity index (χ3v) is 3.41. The van der Waals surface area contributed by atoms with Gasteiger partial charge in [0.1, 0.15) is 0 Å². The van der Waals surface area contributed by atoms with Crippen LogP contribution < -0.4 is 5.32 Å². The first-order chi connectivity index (χ1) is 8.58. The molecule has 0 amide bonds. The highest BCUT2D eigenvalue weighted by Gasteiger charge is 2.09. The summed E-state index contributed by atoms with van der Waals surface area (Å²) in [6.07, 6.45) is 1.74. The summed E-state index contributed by atoms with van der Waals surface area (Å²) in [7, 11) is 0. The number of aryl methyl sites for hydroxylation is 3. The van der Waals surface area contributed by atoms with Crippen molar-refractivity contribution in [1.29, 1.82) is 0 Å². The van der Waals surface area contributed by atoms with Crippen LogP contribution in [0.1, 0.15) is 41.0 Å². The Morgan fingerprint density at radius 1 is 1.28 bits per heavy atom. The molecule has 3 nitrogen and oxygen atoms in total. The van der Waals surface area contributed by atoms with Crippen molar-refractivity contribution in [3.8, 4) is 0 Å². The molecule has 3 heteroatoms. The molecule has 0 aliphatic carbocycles. The van der Waals surface area contributed by atoms with Gasteiger partial charge in [0.2, 0.25) is 0 Å². The predicted molar refractivity (Wildman–Crippen MR) is 74.5 cm³/mol. The molecule has 1 heterocycles. The summed E-state index contributed by atoms with van der Waals surface area (Å²) < 4.78 is 0. The van der Waals surface area contributed by atoms with E-state index in [1.54, 1.807) is 6.33 Å². The predicted octanol–water partition coefficient (Wildman–Crippen LogP) is 3.19. The Morgan fingerprint density at radius 2 is 2.06 bits per heavy atom. The molecule has 1 unspecified atom stereocenters. The van der Waals surface area contributed by atoms with E-state index in [4.69, 9.17) is 0 Å². The molecule has 1 atom stereocenters. The molecule has 0 spiro atoms. The van der Waals surface area contributed by atoms with Gasteiger partial charge in [-0.15, -0.1) is 0 Å². The quantitative estimate of drug-likeness (QED) is 0.866. The van der Waals surface area contributed by atoms with Crippen molar-refractivity contribution in [2.24, 2.45) is 0 Å². The monoisotopic (exact) mass is 243 g/mol. The Labute approximate surface area is 109 Å². The zero-order valence-corrected chi connectivity index (χ0v) is 11.5. The number of hydrogen-bond donors (Lipinski definition) is 2. The molecule has 1 aromatic heterocycles. The molecule has 18 heavy (non-hydrogen) atoms. The summed E-state index contributed by atoms with van der Waals surface area (Å²) in [5, 5.41) is 3.53. The number of nitrogens with zero attached hydrogens (tertiary/aromatic N) is 1. The Morgan fingerprint density at radius 3 is 2.72 bits per heavy atom. The molecule has 2 aromatic rings. The third kappa shape index (κ3) is 2.79. The van der Waals surface area contributed by atoms with Crippen LogP contribution in [-0.4, -0.2) is 9.97 Å². The number of hydrogen-bond acceptors (Lipinski definition) is 2. The highest BCUT2D eigenvalue weighted by Crippen LogP contribution is 2.19. The fourth-order valence-corrected chi connectivity index (χ4v) is 2.15. The van der Waals surface area contributed by atoms with Crippen LogP contribution in [0.15, 0.2) is 24.5 Å². The molecule has 0 aliphatic rings. The Bertz CT molecular complexity index is 528. The minimum Gasteiger partial charge on any atom is -0.348 e. The number of aromatic amines is 1. The summed E-state index contributed by atoms with van der Waals surface area (Å²) >= 11 is 0. The van der Waals surface area contributed by atoms with Gasteiger partial charge >= 0.3 is 0 Å². The number of benzene rings is 1. The van der Waals surface area contributed by atoms with E-state index in [-0.39, 0.29) is 0 Å². The van der Waals surface area contributed by atoms with Crippen molar-refractivity contribution in [1.82, 2.24) is 15.3 Å². The van der Waals surface area contributed by atoms with E-state index in [0.29, 0.717) is 6.04 Å². The van der Waals surface area contributed by atoms with E-state index in [0.717, 1.165) is 17.9 Å². The SMILES string of the molecule is Cc1ccc(C)c(C(C)NCc2nc[nH]c2C)c1. The molecule has 0 bridgehead atoms. The van der Waals surface area contributed by atoms with Gasteiger partial charge in [-0.05, 0) is 38.8 Å². The molecular formula is C15H21N3. The van der Waals surface area contributed by atoms with Crippen LogP contribution in [0.3, 0.4) is 0 Å². The van der Waals surface area contributed by atoms with Gasteiger partial charge in [-0.3, -0.25) is 0 Å². The first-order valence-electron chi connectivity index (χ1n) is 6.37. The molecule has 1 aromatic carbocycles. The van der Waals surface area contributed by atoms with Gasteiger partial charge in [0, 0.05) is 18.3 Å². The maximum absolute atomic E-state index is 4.30. The highest BCUT2D eigenvalue weighted by atomic mass is 15.0. The Hall–Kier alpha value is -1.61. The molecule has 2 rings (SSSR count). The largest absolute Gasteiger partial charge is 0.348 e. The first kappa shape index (κ1) is 12.8. The smallest absolute Gasteiger partial charge is 0.0925 e. The van der Waals surface area contributed by atoms with E-state index in [2.05, 4.69) is 54.3 Å². The van der Waals surface area contributed by atoms with Crippen LogP contribution >= 0.6 is 0 Å². The molecule has 0 radical (unpaired) electrons. The topological polar surface area (TPSA) is 40.7 Å². The second-order valence-corrected chi connectivity index (χ2v) is 4.94. The van der Waals surface area contributed by atoms with Crippen molar-refractivity contribution in [3.63, 3.8) is 0 Å². The molecular weight excluding hydrogens is 222 g/mol. The third-order valence-electron chi connectivity index (χ3n) is 3.41. The first-order valence-corrected chi connectivity index (χ1v) is 6.37. The number of H-pyrrole nitrogens is 1. The molecule has 0 aliphatic heterocycles. The van der Waals surface area contributed by atoms with Gasteiger partial charge in [0.05, 0.1) is 12.0 Å². The number of imidazole rings is 1.